The second-order valence-corrected chi connectivity index (χ2v) is 6.54. The van der Waals surface area contributed by atoms with Gasteiger partial charge in [0.15, 0.2) is 5.44 Å². The van der Waals surface area contributed by atoms with Crippen LogP contribution in [0.25, 0.3) is 0 Å². The monoisotopic (exact) mass is 238 g/mol. The Labute approximate surface area is 101 Å². The molecule has 1 heterocycles. The maximum Gasteiger partial charge on any atom is 0.320 e. The van der Waals surface area contributed by atoms with E-state index in [2.05, 4.69) is 32.9 Å². The van der Waals surface area contributed by atoms with Gasteiger partial charge in [0.25, 0.3) is 0 Å². The Kier molecular flexibility index (Phi) is 2.91. The number of cyclic esters (lactones) is 1. The standard InChI is InChI=1S/C13H18O2S/c1-8-6-5-7-13(3,4)10(8)12-15-11(14)9(2)16-12/h5-6,9,12H,7H2,1-4H3. The molecule has 0 bridgehead atoms. The summed E-state index contributed by atoms with van der Waals surface area (Å²) in [6.45, 7) is 8.44. The van der Waals surface area contributed by atoms with Crippen LogP contribution in [0, 0.1) is 5.41 Å². The van der Waals surface area contributed by atoms with Crippen LogP contribution in [-0.4, -0.2) is 16.7 Å². The number of carbonyl (C=O) groups is 1. The van der Waals surface area contributed by atoms with Crippen molar-refractivity contribution in [2.75, 3.05) is 0 Å². The summed E-state index contributed by atoms with van der Waals surface area (Å²) in [5.41, 5.74) is 2.54. The van der Waals surface area contributed by atoms with Gasteiger partial charge in [-0.15, -0.1) is 0 Å². The van der Waals surface area contributed by atoms with Crippen LogP contribution in [-0.2, 0) is 9.53 Å². The van der Waals surface area contributed by atoms with Crippen molar-refractivity contribution >= 4 is 17.7 Å². The zero-order valence-electron chi connectivity index (χ0n) is 10.2. The van der Waals surface area contributed by atoms with E-state index in [1.165, 1.54) is 11.1 Å². The highest BCUT2D eigenvalue weighted by Crippen LogP contribution is 2.46. The molecule has 2 nitrogen and oxygen atoms in total. The van der Waals surface area contributed by atoms with E-state index >= 15 is 0 Å². The van der Waals surface area contributed by atoms with Crippen LogP contribution in [0.15, 0.2) is 23.3 Å². The molecule has 0 amide bonds. The predicted octanol–water partition coefficient (Wildman–Crippen LogP) is 3.29. The Morgan fingerprint density at radius 3 is 2.69 bits per heavy atom. The molecule has 1 saturated heterocycles. The van der Waals surface area contributed by atoms with Gasteiger partial charge in [0, 0.05) is 0 Å². The summed E-state index contributed by atoms with van der Waals surface area (Å²) < 4.78 is 5.45. The number of rotatable bonds is 1. The molecule has 1 aliphatic heterocycles. The molecule has 0 aromatic rings. The van der Waals surface area contributed by atoms with Crippen LogP contribution in [0.4, 0.5) is 0 Å². The summed E-state index contributed by atoms with van der Waals surface area (Å²) in [6.07, 6.45) is 5.35. The third-order valence-corrected chi connectivity index (χ3v) is 4.45. The lowest BCUT2D eigenvalue weighted by molar-refractivity contribution is -0.141. The predicted molar refractivity (Wildman–Crippen MR) is 67.2 cm³/mol. The number of allylic oxidation sites excluding steroid dienone is 3. The van der Waals surface area contributed by atoms with Crippen molar-refractivity contribution in [1.29, 1.82) is 0 Å². The van der Waals surface area contributed by atoms with Crippen molar-refractivity contribution in [3.63, 3.8) is 0 Å². The van der Waals surface area contributed by atoms with E-state index in [1.807, 2.05) is 6.92 Å². The molecule has 0 aromatic carbocycles. The van der Waals surface area contributed by atoms with Gasteiger partial charge in [-0.2, -0.15) is 0 Å². The van der Waals surface area contributed by atoms with Crippen molar-refractivity contribution in [2.24, 2.45) is 5.41 Å². The number of ether oxygens (including phenoxy) is 1. The Balaban J connectivity index is 2.32. The van der Waals surface area contributed by atoms with Crippen molar-refractivity contribution in [1.82, 2.24) is 0 Å². The summed E-state index contributed by atoms with van der Waals surface area (Å²) >= 11 is 1.62. The van der Waals surface area contributed by atoms with Gasteiger partial charge in [-0.1, -0.05) is 37.8 Å². The smallest absolute Gasteiger partial charge is 0.320 e. The maximum absolute atomic E-state index is 11.5. The van der Waals surface area contributed by atoms with Crippen LogP contribution in [0.5, 0.6) is 0 Å². The molecule has 0 spiro atoms. The average Bonchev–Trinajstić information content (AvgIpc) is 2.44. The Morgan fingerprint density at radius 2 is 2.19 bits per heavy atom. The van der Waals surface area contributed by atoms with Gasteiger partial charge < -0.3 is 4.74 Å². The van der Waals surface area contributed by atoms with Crippen LogP contribution < -0.4 is 0 Å². The summed E-state index contributed by atoms with van der Waals surface area (Å²) in [7, 11) is 0. The van der Waals surface area contributed by atoms with Crippen molar-refractivity contribution in [3.05, 3.63) is 23.3 Å². The lowest BCUT2D eigenvalue weighted by Gasteiger charge is -2.33. The van der Waals surface area contributed by atoms with Crippen LogP contribution >= 0.6 is 11.8 Å². The van der Waals surface area contributed by atoms with Crippen molar-refractivity contribution in [3.8, 4) is 0 Å². The highest BCUT2D eigenvalue weighted by molar-refractivity contribution is 8.01. The molecule has 1 aliphatic carbocycles. The number of hydrogen-bond acceptors (Lipinski definition) is 3. The zero-order valence-corrected chi connectivity index (χ0v) is 11.1. The molecule has 0 N–H and O–H groups in total. The van der Waals surface area contributed by atoms with Crippen LogP contribution in [0.3, 0.4) is 0 Å². The van der Waals surface area contributed by atoms with Gasteiger partial charge >= 0.3 is 5.97 Å². The van der Waals surface area contributed by atoms with Gasteiger partial charge in [0.1, 0.15) is 5.25 Å². The minimum absolute atomic E-state index is 0.0352. The molecule has 16 heavy (non-hydrogen) atoms. The number of esters is 1. The average molecular weight is 238 g/mol. The summed E-state index contributed by atoms with van der Waals surface area (Å²) in [5.74, 6) is -0.0827. The third kappa shape index (κ3) is 1.93. The van der Waals surface area contributed by atoms with Gasteiger partial charge in [-0.25, -0.2) is 0 Å². The number of carbonyl (C=O) groups excluding carboxylic acids is 1. The van der Waals surface area contributed by atoms with Gasteiger partial charge in [0.2, 0.25) is 0 Å². The van der Waals surface area contributed by atoms with Crippen LogP contribution in [0.1, 0.15) is 34.1 Å². The molecule has 0 saturated carbocycles. The van der Waals surface area contributed by atoms with E-state index in [1.54, 1.807) is 11.8 Å². The third-order valence-electron chi connectivity index (χ3n) is 3.27. The van der Waals surface area contributed by atoms with Gasteiger partial charge in [-0.05, 0) is 36.8 Å². The molecule has 1 fully saturated rings. The van der Waals surface area contributed by atoms with E-state index in [0.29, 0.717) is 0 Å². The largest absolute Gasteiger partial charge is 0.446 e. The molecule has 0 aromatic heterocycles. The van der Waals surface area contributed by atoms with E-state index in [0.717, 1.165) is 6.42 Å². The second-order valence-electron chi connectivity index (χ2n) is 5.13. The Bertz CT molecular complexity index is 379. The Hall–Kier alpha value is -0.700. The fraction of sp³-hybridized carbons (Fsp3) is 0.615. The molecule has 3 heteroatoms. The first-order chi connectivity index (χ1) is 7.42. The van der Waals surface area contributed by atoms with E-state index in [-0.39, 0.29) is 22.1 Å². The van der Waals surface area contributed by atoms with E-state index in [9.17, 15) is 4.79 Å². The number of hydrogen-bond donors (Lipinski definition) is 0. The first-order valence-corrected chi connectivity index (χ1v) is 6.60. The minimum Gasteiger partial charge on any atom is -0.446 e. The molecular weight excluding hydrogens is 220 g/mol. The van der Waals surface area contributed by atoms with E-state index < -0.39 is 0 Å². The highest BCUT2D eigenvalue weighted by Gasteiger charge is 2.40. The van der Waals surface area contributed by atoms with Crippen molar-refractivity contribution in [2.45, 2.75) is 44.8 Å². The first kappa shape index (κ1) is 11.8. The molecule has 2 rings (SSSR count). The fourth-order valence-electron chi connectivity index (χ4n) is 2.37. The number of thioether (sulfide) groups is 1. The lowest BCUT2D eigenvalue weighted by atomic mass is 9.76. The van der Waals surface area contributed by atoms with E-state index in [4.69, 9.17) is 4.74 Å². The molecule has 2 aliphatic rings. The minimum atomic E-state index is -0.0827. The van der Waals surface area contributed by atoms with Gasteiger partial charge in [0.05, 0.1) is 0 Å². The summed E-state index contributed by atoms with van der Waals surface area (Å²) in [6, 6.07) is 0. The second kappa shape index (κ2) is 3.95. The first-order valence-electron chi connectivity index (χ1n) is 5.65. The zero-order chi connectivity index (χ0) is 11.9. The fourth-order valence-corrected chi connectivity index (χ4v) is 3.69. The quantitative estimate of drug-likeness (QED) is 0.656. The summed E-state index contributed by atoms with van der Waals surface area (Å²) in [5, 5.41) is -0.0352. The topological polar surface area (TPSA) is 26.3 Å². The lowest BCUT2D eigenvalue weighted by Crippen LogP contribution is -2.26. The normalized spacial score (nSPS) is 33.1. The van der Waals surface area contributed by atoms with Crippen LogP contribution in [0.2, 0.25) is 0 Å². The Morgan fingerprint density at radius 1 is 1.50 bits per heavy atom. The van der Waals surface area contributed by atoms with Gasteiger partial charge in [-0.3, -0.25) is 4.79 Å². The molecule has 2 atom stereocenters. The molecular formula is C13H18O2S. The molecule has 2 unspecified atom stereocenters. The highest BCUT2D eigenvalue weighted by atomic mass is 32.2. The molecule has 0 radical (unpaired) electrons. The summed E-state index contributed by atoms with van der Waals surface area (Å²) in [4.78, 5) is 11.5. The molecule has 88 valence electrons. The van der Waals surface area contributed by atoms with Crippen molar-refractivity contribution < 1.29 is 9.53 Å². The SMILES string of the molecule is CC1=C(C2OC(=O)C(C)S2)C(C)(C)CC=C1. The maximum atomic E-state index is 11.5.